The Labute approximate surface area is 262 Å². The summed E-state index contributed by atoms with van der Waals surface area (Å²) in [5.74, 6) is -2.70. The van der Waals surface area contributed by atoms with Gasteiger partial charge in [0.05, 0.1) is 14.0 Å². The van der Waals surface area contributed by atoms with Crippen molar-refractivity contribution in [2.45, 2.75) is 65.6 Å². The van der Waals surface area contributed by atoms with Gasteiger partial charge in [-0.2, -0.15) is 26.3 Å². The van der Waals surface area contributed by atoms with Gasteiger partial charge >= 0.3 is 12.4 Å². The first-order chi connectivity index (χ1) is 19.4. The number of rotatable bonds is 6. The third-order valence-corrected chi connectivity index (χ3v) is 9.11. The molecular weight excluding hydrogens is 688 g/mol. The van der Waals surface area contributed by atoms with Crippen LogP contribution in [0.25, 0.3) is 0 Å². The van der Waals surface area contributed by atoms with Crippen LogP contribution in [0, 0.1) is 20.8 Å². The number of allylic oxidation sites excluding steroid dienone is 2. The molecule has 0 aliphatic rings. The van der Waals surface area contributed by atoms with Crippen LogP contribution in [0.1, 0.15) is 37.0 Å². The molecule has 12 heteroatoms. The minimum Gasteiger partial charge on any atom is -0.504 e. The van der Waals surface area contributed by atoms with Crippen LogP contribution in [-0.4, -0.2) is 45.7 Å². The van der Waals surface area contributed by atoms with Crippen molar-refractivity contribution in [1.82, 2.24) is 0 Å². The first-order valence-corrected chi connectivity index (χ1v) is 14.3. The van der Waals surface area contributed by atoms with Gasteiger partial charge in [0, 0.05) is 32.9 Å². The van der Waals surface area contributed by atoms with Crippen molar-refractivity contribution in [2.75, 3.05) is 0 Å². The van der Waals surface area contributed by atoms with E-state index in [-0.39, 0.29) is 26.5 Å². The van der Waals surface area contributed by atoms with E-state index in [2.05, 4.69) is 93.6 Å². The molecule has 2 atom stereocenters. The first-order valence-electron chi connectivity index (χ1n) is 12.8. The summed E-state index contributed by atoms with van der Waals surface area (Å²) in [5, 5.41) is 29.3. The van der Waals surface area contributed by atoms with Gasteiger partial charge in [-0.25, -0.2) is 0 Å². The van der Waals surface area contributed by atoms with Crippen molar-refractivity contribution >= 4 is 29.6 Å². The smallest absolute Gasteiger partial charge is 0.448 e. The fraction of sp³-hybridized carbons (Fsp3) is 0.323. The summed E-state index contributed by atoms with van der Waals surface area (Å²) < 4.78 is 68.4. The first kappa shape index (κ1) is 40.5. The van der Waals surface area contributed by atoms with Crippen molar-refractivity contribution in [2.24, 2.45) is 0 Å². The third kappa shape index (κ3) is 14.2. The summed E-state index contributed by atoms with van der Waals surface area (Å²) in [4.78, 5) is 9.96. The second-order valence-corrected chi connectivity index (χ2v) is 12.0. The molecule has 3 N–H and O–H groups in total. The molecule has 0 bridgehead atoms. The zero-order valence-corrected chi connectivity index (χ0v) is 26.8. The van der Waals surface area contributed by atoms with Gasteiger partial charge < -0.3 is 15.3 Å². The molecule has 0 amide bonds. The van der Waals surface area contributed by atoms with E-state index < -0.39 is 50.4 Å². The van der Waals surface area contributed by atoms with E-state index >= 15 is 0 Å². The molecule has 0 aliphatic carbocycles. The second-order valence-electron chi connectivity index (χ2n) is 9.60. The van der Waals surface area contributed by atoms with Gasteiger partial charge in [0.2, 0.25) is 5.76 Å². The Morgan fingerprint density at radius 1 is 0.767 bits per heavy atom. The maximum Gasteiger partial charge on any atom is 0.448 e. The van der Waals surface area contributed by atoms with Gasteiger partial charge in [0.1, 0.15) is 15.9 Å². The van der Waals surface area contributed by atoms with Crippen LogP contribution in [0.15, 0.2) is 84.6 Å². The molecule has 0 saturated carbocycles. The molecule has 0 radical (unpaired) electrons. The Morgan fingerprint density at radius 3 is 1.28 bits per heavy atom. The molecule has 240 valence electrons. The number of carbonyl (C=O) groups excluding carboxylic acids is 1. The van der Waals surface area contributed by atoms with E-state index in [1.54, 1.807) is 0 Å². The van der Waals surface area contributed by atoms with Crippen molar-refractivity contribution in [3.05, 3.63) is 101 Å². The van der Waals surface area contributed by atoms with Crippen LogP contribution in [0.4, 0.5) is 26.3 Å². The number of ketones is 1. The van der Waals surface area contributed by atoms with E-state index in [0.29, 0.717) is 0 Å². The molecule has 0 aliphatic heterocycles. The molecule has 0 saturated heterocycles. The summed E-state index contributed by atoms with van der Waals surface area (Å²) >= 11 is 0. The number of alkyl halides is 6. The number of carbonyl (C=O) groups is 1. The topological polar surface area (TPSA) is 77.8 Å². The zero-order chi connectivity index (χ0) is 32.3. The van der Waals surface area contributed by atoms with Crippen LogP contribution < -0.4 is 15.9 Å². The van der Waals surface area contributed by atoms with Crippen molar-refractivity contribution in [3.8, 4) is 0 Å². The van der Waals surface area contributed by atoms with Gasteiger partial charge in [-0.1, -0.05) is 54.6 Å². The van der Waals surface area contributed by atoms with Crippen LogP contribution in [-0.2, 0) is 25.2 Å². The minimum atomic E-state index is -4.81. The van der Waals surface area contributed by atoms with Crippen molar-refractivity contribution in [1.29, 1.82) is 0 Å². The van der Waals surface area contributed by atoms with Crippen LogP contribution >= 0.6 is 7.92 Å². The molecule has 2 unspecified atom stereocenters. The van der Waals surface area contributed by atoms with E-state index in [4.69, 9.17) is 15.3 Å². The van der Waals surface area contributed by atoms with Gasteiger partial charge in [-0.15, -0.1) is 0 Å². The molecule has 4 nitrogen and oxygen atoms in total. The fourth-order valence-corrected chi connectivity index (χ4v) is 6.82. The minimum absolute atomic E-state index is 0. The molecule has 0 aromatic heterocycles. The number of halogens is 6. The van der Waals surface area contributed by atoms with Crippen LogP contribution in [0.2, 0.25) is 0 Å². The maximum atomic E-state index is 11.4. The van der Waals surface area contributed by atoms with Crippen molar-refractivity contribution < 1.29 is 66.9 Å². The largest absolute Gasteiger partial charge is 0.504 e. The summed E-state index contributed by atoms with van der Waals surface area (Å²) in [6, 6.07) is 26.5. The molecular formula is C31H36F6O4PPd+. The average Bonchev–Trinajstić information content (AvgIpc) is 2.86. The average molecular weight is 724 g/mol. The Morgan fingerprint density at radius 2 is 1.09 bits per heavy atom. The van der Waals surface area contributed by atoms with E-state index in [9.17, 15) is 31.1 Å². The van der Waals surface area contributed by atoms with E-state index in [1.807, 2.05) is 0 Å². The Hall–Kier alpha value is -2.54. The summed E-state index contributed by atoms with van der Waals surface area (Å²) in [5.41, 5.74) is 4.17. The summed E-state index contributed by atoms with van der Waals surface area (Å²) in [7, 11) is -0.968. The molecule has 43 heavy (non-hydrogen) atoms. The van der Waals surface area contributed by atoms with Gasteiger partial charge in [-0.3, -0.25) is 4.79 Å². The van der Waals surface area contributed by atoms with Crippen LogP contribution in [0.3, 0.4) is 0 Å². The molecule has 3 aromatic carbocycles. The number of aliphatic hydroxyl groups is 3. The summed E-state index contributed by atoms with van der Waals surface area (Å²) in [6.45, 7) is 8.81. The van der Waals surface area contributed by atoms with Gasteiger partial charge in [-0.05, 0) is 69.5 Å². The fourth-order valence-electron chi connectivity index (χ4n) is 3.73. The van der Waals surface area contributed by atoms with E-state index in [0.717, 1.165) is 6.92 Å². The number of hydrogen-bond donors (Lipinski definition) is 3. The molecule has 0 fully saturated rings. The van der Waals surface area contributed by atoms with E-state index in [1.165, 1.54) is 39.5 Å². The van der Waals surface area contributed by atoms with Crippen LogP contribution in [0.5, 0.6) is 0 Å². The number of hydrogen-bond acceptors (Lipinski definition) is 4. The third-order valence-electron chi connectivity index (χ3n) is 5.82. The number of aliphatic hydroxyl groups excluding tert-OH is 3. The second kappa shape index (κ2) is 18.3. The molecule has 3 rings (SSSR count). The van der Waals surface area contributed by atoms with Gasteiger partial charge in [0.25, 0.3) is 0 Å². The predicted molar refractivity (Wildman–Crippen MR) is 157 cm³/mol. The SMILES string of the molecule is CC(=O)C=C(O)C(F)(F)F.CC(O)CC(O)C(F)(F)F.Cc1ccccc1[PH+](c1ccccc1C)c1ccccc1C.[Pd]. The molecule has 0 heterocycles. The summed E-state index contributed by atoms with van der Waals surface area (Å²) in [6.07, 6.45) is -13.5. The Bertz CT molecular complexity index is 1220. The standard InChI is InChI=1S/C21H21P.C5H9F3O2.C5H5F3O2.Pd/c1-16-10-4-7-13-19(16)22(20-14-8-5-11-17(20)2)21-15-9-6-12-18(21)3;2*1-3(9)2-4(10)5(6,7)8;/h4-15H,1-3H3;3-4,9-10H,2H2,1H3;2,10H,1H3;/p+1. The normalized spacial score (nSPS) is 13.0. The quantitative estimate of drug-likeness (QED) is 0.0911. The van der Waals surface area contributed by atoms with Gasteiger partial charge in [0.15, 0.2) is 11.9 Å². The zero-order valence-electron chi connectivity index (χ0n) is 24.2. The monoisotopic (exact) mass is 723 g/mol. The Balaban J connectivity index is 0.000000709. The Kier molecular flexibility index (Phi) is 17.2. The number of benzene rings is 3. The molecule has 3 aromatic rings. The predicted octanol–water partition coefficient (Wildman–Crippen LogP) is 6.36. The van der Waals surface area contributed by atoms with Crippen molar-refractivity contribution in [3.63, 3.8) is 0 Å². The maximum absolute atomic E-state index is 11.4. The number of aryl methyl sites for hydroxylation is 3. The molecule has 0 spiro atoms.